The SMILES string of the molecule is COC(O)c1c(Nc2c(NC(C)Cc3ccc(F)cc3)c(=O)c2=O)ccc(Cl)c1S(N)(=O)=O. The first-order valence-corrected chi connectivity index (χ1v) is 11.5. The maximum absolute atomic E-state index is 13.1. The Kier molecular flexibility index (Phi) is 7.20. The summed E-state index contributed by atoms with van der Waals surface area (Å²) in [6.07, 6.45) is -1.32. The van der Waals surface area contributed by atoms with Crippen LogP contribution in [0.2, 0.25) is 5.02 Å². The number of ether oxygens (including phenoxy) is 1. The van der Waals surface area contributed by atoms with E-state index in [9.17, 15) is 27.5 Å². The van der Waals surface area contributed by atoms with Crippen LogP contribution in [0.25, 0.3) is 0 Å². The maximum Gasteiger partial charge on any atom is 0.253 e. The zero-order valence-electron chi connectivity index (χ0n) is 17.6. The molecule has 0 aromatic heterocycles. The van der Waals surface area contributed by atoms with Crippen molar-refractivity contribution in [1.82, 2.24) is 0 Å². The summed E-state index contributed by atoms with van der Waals surface area (Å²) in [5, 5.41) is 20.9. The van der Waals surface area contributed by atoms with Crippen LogP contribution in [0.3, 0.4) is 0 Å². The summed E-state index contributed by atoms with van der Waals surface area (Å²) in [6.45, 7) is 1.77. The monoisotopic (exact) mass is 497 g/mol. The second-order valence-corrected chi connectivity index (χ2v) is 9.29. The Morgan fingerprint density at radius 1 is 1.12 bits per heavy atom. The summed E-state index contributed by atoms with van der Waals surface area (Å²) in [7, 11) is -3.25. The van der Waals surface area contributed by atoms with Gasteiger partial charge in [-0.25, -0.2) is 17.9 Å². The number of primary sulfonamides is 1. The molecule has 3 aromatic carbocycles. The van der Waals surface area contributed by atoms with Crippen molar-refractivity contribution in [2.24, 2.45) is 5.14 Å². The molecule has 176 valence electrons. The molecule has 0 aliphatic rings. The molecule has 9 nitrogen and oxygen atoms in total. The minimum Gasteiger partial charge on any atom is -0.377 e. The predicted octanol–water partition coefficient (Wildman–Crippen LogP) is 2.15. The van der Waals surface area contributed by atoms with Crippen LogP contribution in [0, 0.1) is 5.82 Å². The van der Waals surface area contributed by atoms with E-state index < -0.39 is 32.1 Å². The lowest BCUT2D eigenvalue weighted by Crippen LogP contribution is -2.39. The van der Waals surface area contributed by atoms with E-state index in [1.807, 2.05) is 0 Å². The number of hydrogen-bond donors (Lipinski definition) is 4. The highest BCUT2D eigenvalue weighted by Crippen LogP contribution is 2.37. The summed E-state index contributed by atoms with van der Waals surface area (Å²) in [5.41, 5.74) is -1.29. The quantitative estimate of drug-likeness (QED) is 0.259. The normalized spacial score (nSPS) is 13.6. The van der Waals surface area contributed by atoms with Crippen LogP contribution >= 0.6 is 11.6 Å². The molecular weight excluding hydrogens is 477 g/mol. The maximum atomic E-state index is 13.1. The minimum absolute atomic E-state index is 0.0143. The molecule has 0 aliphatic carbocycles. The lowest BCUT2D eigenvalue weighted by molar-refractivity contribution is -0.0782. The Morgan fingerprint density at radius 2 is 1.73 bits per heavy atom. The van der Waals surface area contributed by atoms with Gasteiger partial charge in [0, 0.05) is 18.8 Å². The average molecular weight is 498 g/mol. The number of rotatable bonds is 9. The summed E-state index contributed by atoms with van der Waals surface area (Å²) < 4.78 is 42.1. The second-order valence-electron chi connectivity index (χ2n) is 7.38. The van der Waals surface area contributed by atoms with E-state index in [1.54, 1.807) is 19.1 Å². The lowest BCUT2D eigenvalue weighted by atomic mass is 10.1. The summed E-state index contributed by atoms with van der Waals surface area (Å²) in [6, 6.07) is 8.07. The van der Waals surface area contributed by atoms with Gasteiger partial charge < -0.3 is 20.5 Å². The molecule has 3 aromatic rings. The molecule has 5 N–H and O–H groups in total. The fourth-order valence-electron chi connectivity index (χ4n) is 3.39. The molecule has 0 radical (unpaired) electrons. The van der Waals surface area contributed by atoms with Crippen LogP contribution in [0.4, 0.5) is 21.5 Å². The number of aliphatic hydroxyl groups is 1. The summed E-state index contributed by atoms with van der Waals surface area (Å²) in [4.78, 5) is 23.8. The fraction of sp³-hybridized carbons (Fsp3) is 0.238. The molecule has 0 bridgehead atoms. The first kappa shape index (κ1) is 24.8. The van der Waals surface area contributed by atoms with Crippen molar-refractivity contribution < 1.29 is 22.7 Å². The fourth-order valence-corrected chi connectivity index (χ4v) is 4.73. The average Bonchev–Trinajstić information content (AvgIpc) is 2.76. The smallest absolute Gasteiger partial charge is 0.253 e. The molecular formula is C21H21ClFN3O6S. The Morgan fingerprint density at radius 3 is 2.30 bits per heavy atom. The van der Waals surface area contributed by atoms with Crippen molar-refractivity contribution in [2.45, 2.75) is 30.6 Å². The second kappa shape index (κ2) is 9.57. The zero-order valence-corrected chi connectivity index (χ0v) is 19.1. The number of anilines is 3. The Labute approximate surface area is 193 Å². The van der Waals surface area contributed by atoms with Gasteiger partial charge in [-0.1, -0.05) is 23.7 Å². The molecule has 0 spiro atoms. The largest absolute Gasteiger partial charge is 0.377 e. The number of hydrogen-bond acceptors (Lipinski definition) is 8. The van der Waals surface area contributed by atoms with Crippen LogP contribution in [0.1, 0.15) is 24.3 Å². The first-order chi connectivity index (χ1) is 15.4. The number of nitrogens with one attached hydrogen (secondary N) is 2. The van der Waals surface area contributed by atoms with Gasteiger partial charge in [0.25, 0.3) is 10.9 Å². The molecule has 33 heavy (non-hydrogen) atoms. The van der Waals surface area contributed by atoms with Crippen molar-refractivity contribution >= 4 is 38.7 Å². The van der Waals surface area contributed by atoms with E-state index in [2.05, 4.69) is 10.6 Å². The number of aliphatic hydroxyl groups excluding tert-OH is 1. The minimum atomic E-state index is -4.38. The van der Waals surface area contributed by atoms with Crippen LogP contribution in [0.5, 0.6) is 0 Å². The Hall–Kier alpha value is -2.83. The third-order valence-corrected chi connectivity index (χ3v) is 6.35. The van der Waals surface area contributed by atoms with Crippen molar-refractivity contribution in [3.05, 3.63) is 78.8 Å². The Bertz CT molecular complexity index is 1350. The van der Waals surface area contributed by atoms with Gasteiger partial charge in [0.05, 0.1) is 10.6 Å². The highest BCUT2D eigenvalue weighted by molar-refractivity contribution is 7.89. The third kappa shape index (κ3) is 5.23. The standard InChI is InChI=1S/C21H21ClFN3O6S/c1-10(9-11-3-5-12(23)6-4-11)25-16-17(19(28)18(16)27)26-14-8-7-13(22)20(33(24,30)31)15(14)21(29)32-2/h3-8,10,21,25-26,29H,9H2,1-2H3,(H2,24,30,31). The highest BCUT2D eigenvalue weighted by Gasteiger charge is 2.29. The van der Waals surface area contributed by atoms with Crippen molar-refractivity contribution in [3.8, 4) is 0 Å². The molecule has 0 heterocycles. The number of methoxy groups -OCH3 is 1. The lowest BCUT2D eigenvalue weighted by Gasteiger charge is -2.23. The zero-order chi connectivity index (χ0) is 24.5. The van der Waals surface area contributed by atoms with Gasteiger partial charge >= 0.3 is 0 Å². The predicted molar refractivity (Wildman–Crippen MR) is 123 cm³/mol. The van der Waals surface area contributed by atoms with Crippen LogP contribution in [0.15, 0.2) is 50.9 Å². The van der Waals surface area contributed by atoms with Gasteiger partial charge in [-0.05, 0) is 43.2 Å². The van der Waals surface area contributed by atoms with E-state index in [1.165, 1.54) is 24.3 Å². The van der Waals surface area contributed by atoms with E-state index in [4.69, 9.17) is 21.5 Å². The molecule has 0 saturated heterocycles. The molecule has 0 aliphatic heterocycles. The molecule has 3 rings (SSSR count). The van der Waals surface area contributed by atoms with E-state index in [0.717, 1.165) is 12.7 Å². The van der Waals surface area contributed by atoms with E-state index >= 15 is 0 Å². The van der Waals surface area contributed by atoms with Crippen LogP contribution < -0.4 is 26.6 Å². The van der Waals surface area contributed by atoms with Gasteiger partial charge in [-0.3, -0.25) is 9.59 Å². The number of halogens is 2. The van der Waals surface area contributed by atoms with Gasteiger partial charge in [0.2, 0.25) is 10.0 Å². The first-order valence-electron chi connectivity index (χ1n) is 9.61. The summed E-state index contributed by atoms with van der Waals surface area (Å²) in [5.74, 6) is -0.371. The van der Waals surface area contributed by atoms with Crippen molar-refractivity contribution in [3.63, 3.8) is 0 Å². The Balaban J connectivity index is 1.94. The molecule has 0 amide bonds. The number of sulfonamides is 1. The van der Waals surface area contributed by atoms with Gasteiger partial charge in [-0.2, -0.15) is 0 Å². The van der Waals surface area contributed by atoms with Crippen molar-refractivity contribution in [1.29, 1.82) is 0 Å². The number of nitrogens with two attached hydrogens (primary N) is 1. The third-order valence-electron chi connectivity index (χ3n) is 4.92. The van der Waals surface area contributed by atoms with Crippen molar-refractivity contribution in [2.75, 3.05) is 17.7 Å². The molecule has 2 unspecified atom stereocenters. The molecule has 0 fully saturated rings. The molecule has 0 saturated carbocycles. The van der Waals surface area contributed by atoms with Gasteiger partial charge in [0.1, 0.15) is 22.1 Å². The highest BCUT2D eigenvalue weighted by atomic mass is 35.5. The topological polar surface area (TPSA) is 148 Å². The summed E-state index contributed by atoms with van der Waals surface area (Å²) >= 11 is 5.99. The van der Waals surface area contributed by atoms with E-state index in [0.29, 0.717) is 6.42 Å². The number of benzene rings is 2. The molecule has 12 heteroatoms. The van der Waals surface area contributed by atoms with E-state index in [-0.39, 0.29) is 39.5 Å². The van der Waals surface area contributed by atoms with Gasteiger partial charge in [-0.15, -0.1) is 0 Å². The van der Waals surface area contributed by atoms with Crippen LogP contribution in [-0.2, 0) is 21.2 Å². The molecule has 2 atom stereocenters. The van der Waals surface area contributed by atoms with Crippen LogP contribution in [-0.4, -0.2) is 26.7 Å². The van der Waals surface area contributed by atoms with Gasteiger partial charge in [0.15, 0.2) is 6.29 Å².